The molecule has 0 atom stereocenters. The molecule has 2 rings (SSSR count). The quantitative estimate of drug-likeness (QED) is 0.752. The molecule has 1 aliphatic rings. The summed E-state index contributed by atoms with van der Waals surface area (Å²) < 4.78 is 15.8. The van der Waals surface area contributed by atoms with E-state index in [-0.39, 0.29) is 6.79 Å². The van der Waals surface area contributed by atoms with E-state index in [0.717, 1.165) is 11.1 Å². The molecule has 1 heterocycles. The summed E-state index contributed by atoms with van der Waals surface area (Å²) in [7, 11) is 1.63. The number of hydrogen-bond acceptors (Lipinski definition) is 4. The van der Waals surface area contributed by atoms with E-state index in [1.165, 1.54) is 0 Å². The Labute approximate surface area is 88.0 Å². The van der Waals surface area contributed by atoms with Crippen LogP contribution in [-0.4, -0.2) is 13.9 Å². The van der Waals surface area contributed by atoms with Gasteiger partial charge in [-0.15, -0.1) is 0 Å². The Morgan fingerprint density at radius 1 is 1.33 bits per heavy atom. The van der Waals surface area contributed by atoms with Gasteiger partial charge in [-0.25, -0.2) is 0 Å². The topological polar surface area (TPSA) is 51.5 Å². The maximum Gasteiger partial charge on any atom is 0.231 e. The van der Waals surface area contributed by atoms with E-state index < -0.39 is 0 Å². The second-order valence-corrected chi connectivity index (χ2v) is 3.22. The first-order valence-corrected chi connectivity index (χ1v) is 4.63. The lowest BCUT2D eigenvalue weighted by molar-refractivity contribution is 0.162. The third-order valence-corrected chi connectivity index (χ3v) is 2.25. The molecule has 15 heavy (non-hydrogen) atoms. The zero-order valence-corrected chi connectivity index (χ0v) is 8.45. The van der Waals surface area contributed by atoms with Gasteiger partial charge in [0.1, 0.15) is 0 Å². The van der Waals surface area contributed by atoms with Crippen LogP contribution >= 0.6 is 0 Å². The van der Waals surface area contributed by atoms with Crippen molar-refractivity contribution >= 4 is 0 Å². The van der Waals surface area contributed by atoms with Crippen LogP contribution in [0.15, 0.2) is 12.1 Å². The maximum absolute atomic E-state index is 8.65. The van der Waals surface area contributed by atoms with E-state index in [0.29, 0.717) is 24.5 Å². The SMILES string of the molecule is COCc1ccc(CC#N)c2c1OCO2. The lowest BCUT2D eigenvalue weighted by Crippen LogP contribution is -1.95. The van der Waals surface area contributed by atoms with Gasteiger partial charge in [-0.2, -0.15) is 5.26 Å². The number of rotatable bonds is 3. The highest BCUT2D eigenvalue weighted by atomic mass is 16.7. The highest BCUT2D eigenvalue weighted by Crippen LogP contribution is 2.39. The largest absolute Gasteiger partial charge is 0.453 e. The van der Waals surface area contributed by atoms with Crippen LogP contribution in [0.4, 0.5) is 0 Å². The first kappa shape index (κ1) is 9.81. The standard InChI is InChI=1S/C11H11NO3/c1-13-6-9-3-2-8(4-5-12)10-11(9)15-7-14-10/h2-3H,4,6-7H2,1H3. The first-order chi connectivity index (χ1) is 7.36. The molecule has 78 valence electrons. The van der Waals surface area contributed by atoms with Gasteiger partial charge >= 0.3 is 0 Å². The van der Waals surface area contributed by atoms with Crippen LogP contribution in [0.3, 0.4) is 0 Å². The number of fused-ring (bicyclic) bond motifs is 1. The van der Waals surface area contributed by atoms with Crippen LogP contribution in [0.2, 0.25) is 0 Å². The molecule has 0 aliphatic carbocycles. The minimum Gasteiger partial charge on any atom is -0.453 e. The van der Waals surface area contributed by atoms with Gasteiger partial charge in [0.05, 0.1) is 19.1 Å². The van der Waals surface area contributed by atoms with Crippen molar-refractivity contribution in [2.45, 2.75) is 13.0 Å². The highest BCUT2D eigenvalue weighted by molar-refractivity contribution is 5.53. The van der Waals surface area contributed by atoms with Crippen LogP contribution in [0.25, 0.3) is 0 Å². The molecule has 0 amide bonds. The number of nitriles is 1. The molecule has 1 aliphatic heterocycles. The second kappa shape index (κ2) is 4.20. The van der Waals surface area contributed by atoms with Gasteiger partial charge in [0.2, 0.25) is 6.79 Å². The third kappa shape index (κ3) is 1.74. The van der Waals surface area contributed by atoms with Crippen molar-refractivity contribution in [3.05, 3.63) is 23.3 Å². The summed E-state index contributed by atoms with van der Waals surface area (Å²) in [6, 6.07) is 5.88. The fourth-order valence-electron chi connectivity index (χ4n) is 1.60. The Kier molecular flexibility index (Phi) is 2.75. The minimum absolute atomic E-state index is 0.217. The van der Waals surface area contributed by atoms with E-state index in [4.69, 9.17) is 19.5 Å². The molecule has 1 aromatic carbocycles. The summed E-state index contributed by atoms with van der Waals surface area (Å²) in [4.78, 5) is 0. The molecule has 0 unspecified atom stereocenters. The Morgan fingerprint density at radius 2 is 2.00 bits per heavy atom. The van der Waals surface area contributed by atoms with Crippen LogP contribution in [-0.2, 0) is 17.8 Å². The molecule has 0 N–H and O–H groups in total. The summed E-state index contributed by atoms with van der Waals surface area (Å²) in [5, 5.41) is 8.65. The Bertz CT molecular complexity index is 409. The summed E-state index contributed by atoms with van der Waals surface area (Å²) in [5.41, 5.74) is 1.82. The molecular weight excluding hydrogens is 194 g/mol. The molecule has 0 bridgehead atoms. The summed E-state index contributed by atoms with van der Waals surface area (Å²) in [6.07, 6.45) is 0.332. The van der Waals surface area contributed by atoms with Crippen molar-refractivity contribution in [2.24, 2.45) is 0 Å². The highest BCUT2D eigenvalue weighted by Gasteiger charge is 2.21. The van der Waals surface area contributed by atoms with Crippen molar-refractivity contribution in [3.63, 3.8) is 0 Å². The smallest absolute Gasteiger partial charge is 0.231 e. The molecule has 0 aromatic heterocycles. The van der Waals surface area contributed by atoms with Gasteiger partial charge < -0.3 is 14.2 Å². The summed E-state index contributed by atoms with van der Waals surface area (Å²) in [6.45, 7) is 0.701. The minimum atomic E-state index is 0.217. The Balaban J connectivity index is 2.40. The van der Waals surface area contributed by atoms with Gasteiger partial charge in [-0.3, -0.25) is 0 Å². The fourth-order valence-corrected chi connectivity index (χ4v) is 1.60. The molecule has 0 fully saturated rings. The molecule has 4 nitrogen and oxygen atoms in total. The molecule has 1 aromatic rings. The summed E-state index contributed by atoms with van der Waals surface area (Å²) in [5.74, 6) is 1.40. The van der Waals surface area contributed by atoms with Crippen molar-refractivity contribution in [1.29, 1.82) is 5.26 Å². The van der Waals surface area contributed by atoms with E-state index in [2.05, 4.69) is 6.07 Å². The second-order valence-electron chi connectivity index (χ2n) is 3.22. The van der Waals surface area contributed by atoms with Gasteiger partial charge in [0.15, 0.2) is 11.5 Å². The average molecular weight is 205 g/mol. The third-order valence-electron chi connectivity index (χ3n) is 2.25. The van der Waals surface area contributed by atoms with Crippen LogP contribution < -0.4 is 9.47 Å². The molecule has 0 saturated carbocycles. The molecular formula is C11H11NO3. The molecule has 4 heteroatoms. The first-order valence-electron chi connectivity index (χ1n) is 4.63. The number of methoxy groups -OCH3 is 1. The van der Waals surface area contributed by atoms with E-state index in [1.807, 2.05) is 12.1 Å². The predicted molar refractivity (Wildman–Crippen MR) is 52.6 cm³/mol. The van der Waals surface area contributed by atoms with Crippen molar-refractivity contribution in [3.8, 4) is 17.6 Å². The van der Waals surface area contributed by atoms with Gasteiger partial charge in [-0.05, 0) is 0 Å². The lowest BCUT2D eigenvalue weighted by Gasteiger charge is -2.07. The van der Waals surface area contributed by atoms with E-state index in [9.17, 15) is 0 Å². The Morgan fingerprint density at radius 3 is 2.67 bits per heavy atom. The average Bonchev–Trinajstić information content (AvgIpc) is 2.71. The number of benzene rings is 1. The number of hydrogen-bond donors (Lipinski definition) is 0. The van der Waals surface area contributed by atoms with Crippen molar-refractivity contribution in [2.75, 3.05) is 13.9 Å². The fraction of sp³-hybridized carbons (Fsp3) is 0.364. The zero-order chi connectivity index (χ0) is 10.7. The van der Waals surface area contributed by atoms with E-state index >= 15 is 0 Å². The monoisotopic (exact) mass is 205 g/mol. The lowest BCUT2D eigenvalue weighted by atomic mass is 10.1. The van der Waals surface area contributed by atoms with Gasteiger partial charge in [0, 0.05) is 18.2 Å². The van der Waals surface area contributed by atoms with Crippen molar-refractivity contribution < 1.29 is 14.2 Å². The van der Waals surface area contributed by atoms with Gasteiger partial charge in [0.25, 0.3) is 0 Å². The number of nitrogens with zero attached hydrogens (tertiary/aromatic N) is 1. The van der Waals surface area contributed by atoms with Crippen LogP contribution in [0, 0.1) is 11.3 Å². The number of ether oxygens (including phenoxy) is 3. The zero-order valence-electron chi connectivity index (χ0n) is 8.45. The maximum atomic E-state index is 8.65. The molecule has 0 spiro atoms. The predicted octanol–water partition coefficient (Wildman–Crippen LogP) is 1.63. The van der Waals surface area contributed by atoms with E-state index in [1.54, 1.807) is 7.11 Å². The Hall–Kier alpha value is -1.73. The summed E-state index contributed by atoms with van der Waals surface area (Å²) >= 11 is 0. The van der Waals surface area contributed by atoms with Crippen LogP contribution in [0.5, 0.6) is 11.5 Å². The molecule has 0 radical (unpaired) electrons. The van der Waals surface area contributed by atoms with Crippen LogP contribution in [0.1, 0.15) is 11.1 Å². The normalized spacial score (nSPS) is 12.5. The molecule has 0 saturated heterocycles. The van der Waals surface area contributed by atoms with Crippen molar-refractivity contribution in [1.82, 2.24) is 0 Å². The van der Waals surface area contributed by atoms with Gasteiger partial charge in [-0.1, -0.05) is 12.1 Å².